The summed E-state index contributed by atoms with van der Waals surface area (Å²) in [6.45, 7) is 2.15. The Labute approximate surface area is 133 Å². The zero-order valence-corrected chi connectivity index (χ0v) is 12.9. The van der Waals surface area contributed by atoms with Gasteiger partial charge in [0, 0.05) is 28.5 Å². The molecule has 0 spiro atoms. The molecule has 1 aliphatic rings. The summed E-state index contributed by atoms with van der Waals surface area (Å²) in [4.78, 5) is 25.5. The molecule has 0 radical (unpaired) electrons. The Kier molecular flexibility index (Phi) is 3.86. The Bertz CT molecular complexity index is 741. The molecule has 5 heteroatoms. The van der Waals surface area contributed by atoms with Gasteiger partial charge in [-0.25, -0.2) is 4.79 Å². The molecule has 4 nitrogen and oxygen atoms in total. The zero-order valence-electron chi connectivity index (χ0n) is 12.1. The van der Waals surface area contributed by atoms with E-state index in [2.05, 4.69) is 5.32 Å². The first-order chi connectivity index (χ1) is 10.5. The SMILES string of the molecule is CC(=O)c1ccc2c(c1)CCN2C(=O)Nc1ccc(Cl)cc1. The highest BCUT2D eigenvalue weighted by atomic mass is 35.5. The van der Waals surface area contributed by atoms with Crippen molar-refractivity contribution in [1.82, 2.24) is 0 Å². The number of amides is 2. The highest BCUT2D eigenvalue weighted by Gasteiger charge is 2.25. The van der Waals surface area contributed by atoms with Gasteiger partial charge in [0.05, 0.1) is 0 Å². The van der Waals surface area contributed by atoms with Crippen LogP contribution in [0, 0.1) is 0 Å². The lowest BCUT2D eigenvalue weighted by molar-refractivity contribution is 0.101. The molecule has 3 rings (SSSR count). The van der Waals surface area contributed by atoms with Crippen LogP contribution < -0.4 is 10.2 Å². The van der Waals surface area contributed by atoms with Gasteiger partial charge in [-0.15, -0.1) is 0 Å². The average Bonchev–Trinajstić information content (AvgIpc) is 2.92. The molecule has 0 saturated heterocycles. The first-order valence-corrected chi connectivity index (χ1v) is 7.40. The van der Waals surface area contributed by atoms with Gasteiger partial charge in [0.2, 0.25) is 0 Å². The minimum atomic E-state index is -0.184. The highest BCUT2D eigenvalue weighted by Crippen LogP contribution is 2.29. The van der Waals surface area contributed by atoms with Crippen LogP contribution in [0.4, 0.5) is 16.2 Å². The Hall–Kier alpha value is -2.33. The molecular formula is C17H15ClN2O2. The number of rotatable bonds is 2. The van der Waals surface area contributed by atoms with Crippen LogP contribution in [0.3, 0.4) is 0 Å². The standard InChI is InChI=1S/C17H15ClN2O2/c1-11(21)12-2-7-16-13(10-12)8-9-20(16)17(22)19-15-5-3-14(18)4-6-15/h2-7,10H,8-9H2,1H3,(H,19,22). The van der Waals surface area contributed by atoms with E-state index in [4.69, 9.17) is 11.6 Å². The van der Waals surface area contributed by atoms with E-state index in [0.29, 0.717) is 22.8 Å². The number of fused-ring (bicyclic) bond motifs is 1. The smallest absolute Gasteiger partial charge is 0.308 e. The van der Waals surface area contributed by atoms with Gasteiger partial charge in [-0.2, -0.15) is 0 Å². The lowest BCUT2D eigenvalue weighted by atomic mass is 10.1. The number of benzene rings is 2. The number of halogens is 1. The third-order valence-corrected chi connectivity index (χ3v) is 3.97. The van der Waals surface area contributed by atoms with Crippen LogP contribution in [0.25, 0.3) is 0 Å². The van der Waals surface area contributed by atoms with Gasteiger partial charge in [-0.3, -0.25) is 9.69 Å². The molecule has 0 aliphatic carbocycles. The van der Waals surface area contributed by atoms with E-state index in [1.807, 2.05) is 12.1 Å². The molecule has 0 saturated carbocycles. The molecule has 1 heterocycles. The largest absolute Gasteiger partial charge is 0.326 e. The van der Waals surface area contributed by atoms with Crippen LogP contribution in [0.2, 0.25) is 5.02 Å². The number of nitrogens with one attached hydrogen (secondary N) is 1. The first-order valence-electron chi connectivity index (χ1n) is 7.02. The Morgan fingerprint density at radius 1 is 1.14 bits per heavy atom. The Morgan fingerprint density at radius 2 is 1.86 bits per heavy atom. The second-order valence-electron chi connectivity index (χ2n) is 5.24. The molecule has 0 fully saturated rings. The number of nitrogens with zero attached hydrogens (tertiary/aromatic N) is 1. The molecule has 1 aliphatic heterocycles. The second-order valence-corrected chi connectivity index (χ2v) is 5.67. The summed E-state index contributed by atoms with van der Waals surface area (Å²) in [5.41, 5.74) is 3.26. The quantitative estimate of drug-likeness (QED) is 0.847. The molecular weight excluding hydrogens is 300 g/mol. The number of hydrogen-bond donors (Lipinski definition) is 1. The lowest BCUT2D eigenvalue weighted by Crippen LogP contribution is -2.33. The lowest BCUT2D eigenvalue weighted by Gasteiger charge is -2.18. The zero-order chi connectivity index (χ0) is 15.7. The molecule has 22 heavy (non-hydrogen) atoms. The third kappa shape index (κ3) is 2.83. The van der Waals surface area contributed by atoms with Crippen molar-refractivity contribution in [3.05, 3.63) is 58.6 Å². The van der Waals surface area contributed by atoms with Crippen LogP contribution in [0.5, 0.6) is 0 Å². The molecule has 0 atom stereocenters. The number of anilines is 2. The number of Topliss-reactive ketones (excluding diaryl/α,β-unsaturated/α-hetero) is 1. The fourth-order valence-electron chi connectivity index (χ4n) is 2.56. The van der Waals surface area contributed by atoms with E-state index in [1.54, 1.807) is 42.2 Å². The third-order valence-electron chi connectivity index (χ3n) is 3.72. The van der Waals surface area contributed by atoms with Crippen molar-refractivity contribution < 1.29 is 9.59 Å². The molecule has 2 aromatic rings. The summed E-state index contributed by atoms with van der Waals surface area (Å²) in [6.07, 6.45) is 0.754. The minimum absolute atomic E-state index is 0.0341. The van der Waals surface area contributed by atoms with Gasteiger partial charge < -0.3 is 5.32 Å². The summed E-state index contributed by atoms with van der Waals surface area (Å²) in [7, 11) is 0. The molecule has 0 bridgehead atoms. The summed E-state index contributed by atoms with van der Waals surface area (Å²) in [5, 5.41) is 3.48. The highest BCUT2D eigenvalue weighted by molar-refractivity contribution is 6.30. The summed E-state index contributed by atoms with van der Waals surface area (Å²) < 4.78 is 0. The molecule has 1 N–H and O–H groups in total. The summed E-state index contributed by atoms with van der Waals surface area (Å²) >= 11 is 5.83. The fraction of sp³-hybridized carbons (Fsp3) is 0.176. The van der Waals surface area contributed by atoms with E-state index < -0.39 is 0 Å². The van der Waals surface area contributed by atoms with Crippen molar-refractivity contribution >= 4 is 34.8 Å². The number of ketones is 1. The van der Waals surface area contributed by atoms with Crippen molar-refractivity contribution in [2.45, 2.75) is 13.3 Å². The van der Waals surface area contributed by atoms with E-state index >= 15 is 0 Å². The van der Waals surface area contributed by atoms with E-state index in [1.165, 1.54) is 0 Å². The van der Waals surface area contributed by atoms with Crippen LogP contribution in [0.1, 0.15) is 22.8 Å². The maximum absolute atomic E-state index is 12.4. The summed E-state index contributed by atoms with van der Waals surface area (Å²) in [5.74, 6) is 0.0341. The molecule has 0 unspecified atom stereocenters. The molecule has 2 amide bonds. The van der Waals surface area contributed by atoms with Gasteiger partial charge in [0.15, 0.2) is 5.78 Å². The van der Waals surface area contributed by atoms with Gasteiger partial charge in [-0.05, 0) is 61.4 Å². The molecule has 2 aromatic carbocycles. The minimum Gasteiger partial charge on any atom is -0.308 e. The van der Waals surface area contributed by atoms with E-state index in [9.17, 15) is 9.59 Å². The van der Waals surface area contributed by atoms with Crippen molar-refractivity contribution in [1.29, 1.82) is 0 Å². The molecule has 112 valence electrons. The van der Waals surface area contributed by atoms with Crippen molar-refractivity contribution in [2.75, 3.05) is 16.8 Å². The predicted octanol–water partition coefficient (Wildman–Crippen LogP) is 4.14. The Morgan fingerprint density at radius 3 is 2.55 bits per heavy atom. The van der Waals surface area contributed by atoms with Gasteiger partial charge in [-0.1, -0.05) is 11.6 Å². The van der Waals surface area contributed by atoms with Crippen LogP contribution >= 0.6 is 11.6 Å². The topological polar surface area (TPSA) is 49.4 Å². The van der Waals surface area contributed by atoms with Crippen molar-refractivity contribution in [2.24, 2.45) is 0 Å². The molecule has 0 aromatic heterocycles. The Balaban J connectivity index is 1.79. The normalized spacial score (nSPS) is 12.9. The number of carbonyl (C=O) groups is 2. The van der Waals surface area contributed by atoms with Crippen LogP contribution in [0.15, 0.2) is 42.5 Å². The van der Waals surface area contributed by atoms with E-state index in [-0.39, 0.29) is 11.8 Å². The van der Waals surface area contributed by atoms with Crippen molar-refractivity contribution in [3.8, 4) is 0 Å². The van der Waals surface area contributed by atoms with Gasteiger partial charge >= 0.3 is 6.03 Å². The van der Waals surface area contributed by atoms with E-state index in [0.717, 1.165) is 17.7 Å². The average molecular weight is 315 g/mol. The van der Waals surface area contributed by atoms with Crippen molar-refractivity contribution in [3.63, 3.8) is 0 Å². The van der Waals surface area contributed by atoms with Gasteiger partial charge in [0.1, 0.15) is 0 Å². The van der Waals surface area contributed by atoms with Crippen LogP contribution in [-0.4, -0.2) is 18.4 Å². The predicted molar refractivity (Wildman–Crippen MR) is 88.0 cm³/mol. The first kappa shape index (κ1) is 14.6. The number of carbonyl (C=O) groups excluding carboxylic acids is 2. The fourth-order valence-corrected chi connectivity index (χ4v) is 2.68. The monoisotopic (exact) mass is 314 g/mol. The second kappa shape index (κ2) is 5.81. The maximum atomic E-state index is 12.4. The number of urea groups is 1. The van der Waals surface area contributed by atoms with Gasteiger partial charge in [0.25, 0.3) is 0 Å². The number of hydrogen-bond acceptors (Lipinski definition) is 2. The summed E-state index contributed by atoms with van der Waals surface area (Å²) in [6, 6.07) is 12.3. The van der Waals surface area contributed by atoms with Crippen LogP contribution in [-0.2, 0) is 6.42 Å². The maximum Gasteiger partial charge on any atom is 0.326 e.